The molecule has 0 bridgehead atoms. The Kier molecular flexibility index (Phi) is 2.31. The summed E-state index contributed by atoms with van der Waals surface area (Å²) in [6.45, 7) is 0.845. The second kappa shape index (κ2) is 2.88. The number of hydrogen-bond acceptors (Lipinski definition) is 3. The number of sulfone groups is 1. The molecule has 0 aromatic heterocycles. The van der Waals surface area contributed by atoms with Gasteiger partial charge in [-0.15, -0.1) is 0 Å². The van der Waals surface area contributed by atoms with Gasteiger partial charge in [-0.25, -0.2) is 8.42 Å². The fourth-order valence-corrected chi connectivity index (χ4v) is 2.20. The van der Waals surface area contributed by atoms with Crippen LogP contribution < -0.4 is 5.32 Å². The average Bonchev–Trinajstić information content (AvgIpc) is 1.88. The predicted octanol–water partition coefficient (Wildman–Crippen LogP) is 0.131. The van der Waals surface area contributed by atoms with Crippen LogP contribution in [0.5, 0.6) is 0 Å². The Morgan fingerprint density at radius 3 is 2.40 bits per heavy atom. The van der Waals surface area contributed by atoms with Crippen molar-refractivity contribution < 1.29 is 8.42 Å². The third kappa shape index (κ3) is 1.95. The molecule has 1 aliphatic heterocycles. The lowest BCUT2D eigenvalue weighted by Crippen LogP contribution is -2.39. The van der Waals surface area contributed by atoms with Gasteiger partial charge in [0.15, 0.2) is 9.84 Å². The van der Waals surface area contributed by atoms with Gasteiger partial charge in [0.1, 0.15) is 5.37 Å². The maximum atomic E-state index is 10.9. The van der Waals surface area contributed by atoms with E-state index in [0.29, 0.717) is 0 Å². The molecule has 0 aromatic carbocycles. The van der Waals surface area contributed by atoms with Gasteiger partial charge in [-0.3, -0.25) is 0 Å². The van der Waals surface area contributed by atoms with E-state index in [1.165, 1.54) is 6.26 Å². The van der Waals surface area contributed by atoms with Gasteiger partial charge in [0.2, 0.25) is 0 Å². The molecular formula is C6H13NO2S. The standard InChI is InChI=1S/C6H13NO2S/c1-10(8,9)6-4-2-3-5-7-6/h6-7H,2-5H2,1H3. The smallest absolute Gasteiger partial charge is 0.163 e. The summed E-state index contributed by atoms with van der Waals surface area (Å²) in [5, 5.41) is 2.69. The fourth-order valence-electron chi connectivity index (χ4n) is 1.19. The monoisotopic (exact) mass is 163 g/mol. The fraction of sp³-hybridized carbons (Fsp3) is 1.00. The minimum Gasteiger partial charge on any atom is -0.301 e. The molecule has 1 atom stereocenters. The topological polar surface area (TPSA) is 46.2 Å². The van der Waals surface area contributed by atoms with Crippen LogP contribution in [0.2, 0.25) is 0 Å². The van der Waals surface area contributed by atoms with Crippen molar-refractivity contribution in [3.05, 3.63) is 0 Å². The lowest BCUT2D eigenvalue weighted by Gasteiger charge is -2.21. The first-order valence-electron chi connectivity index (χ1n) is 3.53. The first-order chi connectivity index (χ1) is 4.61. The van der Waals surface area contributed by atoms with Crippen molar-refractivity contribution in [3.8, 4) is 0 Å². The minimum absolute atomic E-state index is 0.277. The van der Waals surface area contributed by atoms with Crippen LogP contribution in [-0.2, 0) is 9.84 Å². The lowest BCUT2D eigenvalue weighted by atomic mass is 10.2. The predicted molar refractivity (Wildman–Crippen MR) is 40.5 cm³/mol. The van der Waals surface area contributed by atoms with Crippen molar-refractivity contribution in [3.63, 3.8) is 0 Å². The molecule has 1 saturated heterocycles. The van der Waals surface area contributed by atoms with Crippen LogP contribution in [0.25, 0.3) is 0 Å². The summed E-state index contributed by atoms with van der Waals surface area (Å²) in [4.78, 5) is 0. The maximum absolute atomic E-state index is 10.9. The van der Waals surface area contributed by atoms with Gasteiger partial charge in [-0.05, 0) is 25.8 Å². The van der Waals surface area contributed by atoms with E-state index in [9.17, 15) is 8.42 Å². The van der Waals surface area contributed by atoms with E-state index in [1.54, 1.807) is 0 Å². The molecule has 4 heteroatoms. The molecular weight excluding hydrogens is 150 g/mol. The van der Waals surface area contributed by atoms with Gasteiger partial charge in [-0.2, -0.15) is 0 Å². The molecule has 0 aromatic rings. The van der Waals surface area contributed by atoms with Crippen LogP contribution in [0.3, 0.4) is 0 Å². The van der Waals surface area contributed by atoms with Crippen LogP contribution in [-0.4, -0.2) is 26.6 Å². The summed E-state index contributed by atoms with van der Waals surface area (Å²) in [5.41, 5.74) is 0. The lowest BCUT2D eigenvalue weighted by molar-refractivity contribution is 0.463. The summed E-state index contributed by atoms with van der Waals surface area (Å²) >= 11 is 0. The molecule has 0 radical (unpaired) electrons. The molecule has 60 valence electrons. The van der Waals surface area contributed by atoms with Crippen LogP contribution >= 0.6 is 0 Å². The first kappa shape index (κ1) is 8.01. The second-order valence-corrected chi connectivity index (χ2v) is 5.00. The van der Waals surface area contributed by atoms with Crippen LogP contribution in [0, 0.1) is 0 Å². The third-order valence-electron chi connectivity index (χ3n) is 1.78. The third-order valence-corrected chi connectivity index (χ3v) is 3.22. The molecule has 1 fully saturated rings. The molecule has 10 heavy (non-hydrogen) atoms. The van der Waals surface area contributed by atoms with Crippen molar-refractivity contribution in [2.45, 2.75) is 24.6 Å². The number of hydrogen-bond donors (Lipinski definition) is 1. The normalized spacial score (nSPS) is 28.3. The highest BCUT2D eigenvalue weighted by atomic mass is 32.2. The van der Waals surface area contributed by atoms with Gasteiger partial charge >= 0.3 is 0 Å². The van der Waals surface area contributed by atoms with E-state index >= 15 is 0 Å². The molecule has 1 aliphatic rings. The Bertz CT molecular complexity index is 192. The zero-order chi connectivity index (χ0) is 7.61. The van der Waals surface area contributed by atoms with E-state index in [-0.39, 0.29) is 5.37 Å². The van der Waals surface area contributed by atoms with Crippen molar-refractivity contribution in [1.29, 1.82) is 0 Å². The van der Waals surface area contributed by atoms with Crippen LogP contribution in [0.15, 0.2) is 0 Å². The minimum atomic E-state index is -2.84. The molecule has 1 heterocycles. The summed E-state index contributed by atoms with van der Waals surface area (Å²) in [6.07, 6.45) is 4.20. The SMILES string of the molecule is CS(=O)(=O)C1CCCCN1. The van der Waals surface area contributed by atoms with Gasteiger partial charge < -0.3 is 5.32 Å². The van der Waals surface area contributed by atoms with E-state index in [2.05, 4.69) is 5.32 Å². The zero-order valence-corrected chi connectivity index (χ0v) is 6.95. The summed E-state index contributed by atoms with van der Waals surface area (Å²) in [5.74, 6) is 0. The quantitative estimate of drug-likeness (QED) is 0.597. The highest BCUT2D eigenvalue weighted by Crippen LogP contribution is 2.10. The first-order valence-corrected chi connectivity index (χ1v) is 5.48. The Balaban J connectivity index is 2.56. The van der Waals surface area contributed by atoms with E-state index in [1.807, 2.05) is 0 Å². The zero-order valence-electron chi connectivity index (χ0n) is 6.13. The van der Waals surface area contributed by atoms with Crippen molar-refractivity contribution in [1.82, 2.24) is 5.32 Å². The highest BCUT2D eigenvalue weighted by molar-refractivity contribution is 7.91. The highest BCUT2D eigenvalue weighted by Gasteiger charge is 2.21. The van der Waals surface area contributed by atoms with Gasteiger partial charge in [0.05, 0.1) is 0 Å². The molecule has 1 unspecified atom stereocenters. The van der Waals surface area contributed by atoms with E-state index < -0.39 is 9.84 Å². The summed E-state index contributed by atoms with van der Waals surface area (Å²) in [7, 11) is -2.84. The van der Waals surface area contributed by atoms with Crippen molar-refractivity contribution in [2.24, 2.45) is 0 Å². The summed E-state index contributed by atoms with van der Waals surface area (Å²) in [6, 6.07) is 0. The second-order valence-electron chi connectivity index (χ2n) is 2.77. The average molecular weight is 163 g/mol. The largest absolute Gasteiger partial charge is 0.301 e. The van der Waals surface area contributed by atoms with E-state index in [0.717, 1.165) is 25.8 Å². The molecule has 0 spiro atoms. The molecule has 0 amide bonds. The Morgan fingerprint density at radius 1 is 1.40 bits per heavy atom. The summed E-state index contributed by atoms with van der Waals surface area (Å²) < 4.78 is 21.8. The maximum Gasteiger partial charge on any atom is 0.163 e. The molecule has 1 N–H and O–H groups in total. The van der Waals surface area contributed by atoms with Gasteiger partial charge in [0, 0.05) is 6.26 Å². The molecule has 0 saturated carbocycles. The Hall–Kier alpha value is -0.0900. The van der Waals surface area contributed by atoms with Crippen LogP contribution in [0.1, 0.15) is 19.3 Å². The number of rotatable bonds is 1. The Labute approximate surface area is 61.7 Å². The van der Waals surface area contributed by atoms with Crippen molar-refractivity contribution in [2.75, 3.05) is 12.8 Å². The molecule has 3 nitrogen and oxygen atoms in total. The Morgan fingerprint density at radius 2 is 2.10 bits per heavy atom. The van der Waals surface area contributed by atoms with Gasteiger partial charge in [0.25, 0.3) is 0 Å². The van der Waals surface area contributed by atoms with E-state index in [4.69, 9.17) is 0 Å². The van der Waals surface area contributed by atoms with Crippen LogP contribution in [0.4, 0.5) is 0 Å². The number of nitrogens with one attached hydrogen (secondary N) is 1. The van der Waals surface area contributed by atoms with Crippen molar-refractivity contribution >= 4 is 9.84 Å². The number of piperidine rings is 1. The molecule has 1 rings (SSSR count). The molecule has 0 aliphatic carbocycles. The van der Waals surface area contributed by atoms with Gasteiger partial charge in [-0.1, -0.05) is 0 Å².